The van der Waals surface area contributed by atoms with E-state index in [9.17, 15) is 22.8 Å². The fourth-order valence-electron chi connectivity index (χ4n) is 4.35. The number of halogens is 3. The van der Waals surface area contributed by atoms with E-state index in [4.69, 9.17) is 4.74 Å². The molecule has 1 aromatic heterocycles. The van der Waals surface area contributed by atoms with Crippen LogP contribution in [-0.2, 0) is 17.5 Å². The number of hydrogen-bond donors (Lipinski definition) is 2. The Morgan fingerprint density at radius 1 is 0.907 bits per heavy atom. The smallest absolute Gasteiger partial charge is 0.435 e. The van der Waals surface area contributed by atoms with Crippen molar-refractivity contribution in [2.45, 2.75) is 52.4 Å². The predicted molar refractivity (Wildman–Crippen MR) is 160 cm³/mol. The Hall–Kier alpha value is -4.80. The summed E-state index contributed by atoms with van der Waals surface area (Å²) in [6.07, 6.45) is -4.53. The molecule has 2 N–H and O–H groups in total. The maximum Gasteiger partial charge on any atom is 0.435 e. The van der Waals surface area contributed by atoms with Crippen molar-refractivity contribution in [1.29, 1.82) is 0 Å². The molecule has 226 valence electrons. The molecule has 0 saturated heterocycles. The largest absolute Gasteiger partial charge is 0.444 e. The maximum atomic E-state index is 13.7. The molecule has 8 nitrogen and oxygen atoms in total. The van der Waals surface area contributed by atoms with Crippen molar-refractivity contribution in [2.24, 2.45) is 0 Å². The molecule has 2 amide bonds. The van der Waals surface area contributed by atoms with Gasteiger partial charge in [0.15, 0.2) is 5.69 Å². The number of para-hydroxylation sites is 1. The lowest BCUT2D eigenvalue weighted by Crippen LogP contribution is -2.32. The molecule has 0 aliphatic carbocycles. The van der Waals surface area contributed by atoms with Crippen LogP contribution in [0.1, 0.15) is 55.9 Å². The summed E-state index contributed by atoms with van der Waals surface area (Å²) in [6.45, 7) is 8.04. The summed E-state index contributed by atoms with van der Waals surface area (Å²) >= 11 is 0. The number of anilines is 3. The van der Waals surface area contributed by atoms with Crippen LogP contribution >= 0.6 is 0 Å². The van der Waals surface area contributed by atoms with E-state index in [0.29, 0.717) is 11.3 Å². The molecule has 0 atom stereocenters. The molecule has 0 saturated carbocycles. The zero-order chi connectivity index (χ0) is 31.2. The fraction of sp³-hybridized carbons (Fsp3) is 0.281. The van der Waals surface area contributed by atoms with Gasteiger partial charge >= 0.3 is 12.3 Å². The molecule has 11 heteroatoms. The first-order valence-electron chi connectivity index (χ1n) is 13.8. The highest BCUT2D eigenvalue weighted by atomic mass is 19.4. The molecule has 0 aliphatic heterocycles. The van der Waals surface area contributed by atoms with Gasteiger partial charge in [-0.15, -0.1) is 0 Å². The van der Waals surface area contributed by atoms with Crippen LogP contribution in [0.4, 0.5) is 35.0 Å². The number of aromatic nitrogens is 2. The van der Waals surface area contributed by atoms with Gasteiger partial charge < -0.3 is 20.3 Å². The third kappa shape index (κ3) is 8.37. The summed E-state index contributed by atoms with van der Waals surface area (Å²) in [5, 5.41) is 9.07. The van der Waals surface area contributed by atoms with Crippen molar-refractivity contribution in [3.63, 3.8) is 0 Å². The number of carbonyl (C=O) groups excluding carboxylic acids is 2. The first kappa shape index (κ1) is 31.1. The second kappa shape index (κ2) is 13.0. The SMILES string of the molecule is CCCN(c1ccccc1)c1cccc(NC(=O)c2cc(C(F)(F)F)nn2-c2cccc(CNC(=O)OC(C)(C)C)c2)c1. The number of amides is 2. The quantitative estimate of drug-likeness (QED) is 0.208. The minimum atomic E-state index is -4.77. The first-order chi connectivity index (χ1) is 20.3. The number of rotatable bonds is 9. The molecular formula is C32H34F3N5O3. The van der Waals surface area contributed by atoms with Crippen LogP contribution in [0.3, 0.4) is 0 Å². The lowest BCUT2D eigenvalue weighted by Gasteiger charge is -2.25. The van der Waals surface area contributed by atoms with Crippen molar-refractivity contribution in [1.82, 2.24) is 15.1 Å². The Kier molecular flexibility index (Phi) is 9.43. The highest BCUT2D eigenvalue weighted by molar-refractivity contribution is 6.03. The van der Waals surface area contributed by atoms with E-state index in [1.54, 1.807) is 57.2 Å². The highest BCUT2D eigenvalue weighted by Crippen LogP contribution is 2.31. The van der Waals surface area contributed by atoms with Crippen LogP contribution in [0.2, 0.25) is 0 Å². The standard InChI is InChI=1S/C32H34F3N5O3/c1-5-17-39(24-13-7-6-8-14-24)25-15-10-12-23(19-25)37-29(41)27-20-28(32(33,34)35)38-40(27)26-16-9-11-22(18-26)21-36-30(42)43-31(2,3)4/h6-16,18-20H,5,17,21H2,1-4H3,(H,36,42)(H,37,41). The summed E-state index contributed by atoms with van der Waals surface area (Å²) in [6, 6.07) is 24.0. The van der Waals surface area contributed by atoms with Gasteiger partial charge in [-0.3, -0.25) is 4.79 Å². The Balaban J connectivity index is 1.61. The molecule has 4 rings (SSSR count). The normalized spacial score (nSPS) is 11.6. The van der Waals surface area contributed by atoms with E-state index in [1.165, 1.54) is 6.07 Å². The topological polar surface area (TPSA) is 88.5 Å². The Morgan fingerprint density at radius 3 is 2.28 bits per heavy atom. The Labute approximate surface area is 248 Å². The minimum absolute atomic E-state index is 0.0557. The van der Waals surface area contributed by atoms with Gasteiger partial charge in [-0.05, 0) is 75.2 Å². The van der Waals surface area contributed by atoms with E-state index >= 15 is 0 Å². The van der Waals surface area contributed by atoms with Crippen molar-refractivity contribution in [3.8, 4) is 5.69 Å². The molecule has 0 fully saturated rings. The molecule has 0 bridgehead atoms. The summed E-state index contributed by atoms with van der Waals surface area (Å²) in [7, 11) is 0. The molecule has 4 aromatic rings. The van der Waals surface area contributed by atoms with Crippen LogP contribution in [-0.4, -0.2) is 33.9 Å². The molecule has 43 heavy (non-hydrogen) atoms. The van der Waals surface area contributed by atoms with Gasteiger partial charge in [-0.25, -0.2) is 9.48 Å². The highest BCUT2D eigenvalue weighted by Gasteiger charge is 2.36. The molecule has 0 radical (unpaired) electrons. The predicted octanol–water partition coefficient (Wildman–Crippen LogP) is 7.72. The number of nitrogens with zero attached hydrogens (tertiary/aromatic N) is 3. The molecular weight excluding hydrogens is 559 g/mol. The second-order valence-electron chi connectivity index (χ2n) is 10.8. The zero-order valence-electron chi connectivity index (χ0n) is 24.4. The zero-order valence-corrected chi connectivity index (χ0v) is 24.4. The molecule has 0 unspecified atom stereocenters. The van der Waals surface area contributed by atoms with Gasteiger partial charge in [0, 0.05) is 36.2 Å². The first-order valence-corrected chi connectivity index (χ1v) is 13.8. The van der Waals surface area contributed by atoms with Crippen molar-refractivity contribution in [3.05, 3.63) is 102 Å². The van der Waals surface area contributed by atoms with Crippen LogP contribution in [0.5, 0.6) is 0 Å². The molecule has 3 aromatic carbocycles. The fourth-order valence-corrected chi connectivity index (χ4v) is 4.35. The summed E-state index contributed by atoms with van der Waals surface area (Å²) in [4.78, 5) is 27.6. The monoisotopic (exact) mass is 593 g/mol. The van der Waals surface area contributed by atoms with Crippen LogP contribution in [0.25, 0.3) is 5.69 Å². The number of carbonyl (C=O) groups is 2. The van der Waals surface area contributed by atoms with Crippen LogP contribution in [0.15, 0.2) is 84.9 Å². The van der Waals surface area contributed by atoms with Gasteiger partial charge in [0.25, 0.3) is 5.91 Å². The van der Waals surface area contributed by atoms with Crippen molar-refractivity contribution >= 4 is 29.1 Å². The lowest BCUT2D eigenvalue weighted by atomic mass is 10.2. The molecule has 0 spiro atoms. The molecule has 0 aliphatic rings. The number of benzene rings is 3. The van der Waals surface area contributed by atoms with Gasteiger partial charge in [-0.1, -0.05) is 43.3 Å². The summed E-state index contributed by atoms with van der Waals surface area (Å²) < 4.78 is 47.3. The van der Waals surface area contributed by atoms with Crippen LogP contribution < -0.4 is 15.5 Å². The van der Waals surface area contributed by atoms with Gasteiger partial charge in [0.05, 0.1) is 5.69 Å². The maximum absolute atomic E-state index is 13.7. The van der Waals surface area contributed by atoms with E-state index in [2.05, 4.69) is 27.6 Å². The van der Waals surface area contributed by atoms with Crippen molar-refractivity contribution in [2.75, 3.05) is 16.8 Å². The third-order valence-corrected chi connectivity index (χ3v) is 6.15. The number of ether oxygens (including phenoxy) is 1. The van der Waals surface area contributed by atoms with E-state index in [1.807, 2.05) is 36.4 Å². The number of alkyl halides is 3. The van der Waals surface area contributed by atoms with E-state index in [0.717, 1.165) is 35.1 Å². The second-order valence-corrected chi connectivity index (χ2v) is 10.8. The summed E-state index contributed by atoms with van der Waals surface area (Å²) in [5.41, 5.74) is 0.801. The number of hydrogen-bond acceptors (Lipinski definition) is 5. The van der Waals surface area contributed by atoms with Gasteiger partial charge in [-0.2, -0.15) is 18.3 Å². The third-order valence-electron chi connectivity index (χ3n) is 6.15. The van der Waals surface area contributed by atoms with E-state index < -0.39 is 29.5 Å². The number of alkyl carbamates (subject to hydrolysis) is 1. The van der Waals surface area contributed by atoms with Gasteiger partial charge in [0.1, 0.15) is 11.3 Å². The average Bonchev–Trinajstić information content (AvgIpc) is 3.42. The molecule has 1 heterocycles. The Bertz CT molecular complexity index is 1560. The van der Waals surface area contributed by atoms with Gasteiger partial charge in [0.2, 0.25) is 0 Å². The minimum Gasteiger partial charge on any atom is -0.444 e. The van der Waals surface area contributed by atoms with E-state index in [-0.39, 0.29) is 17.9 Å². The van der Waals surface area contributed by atoms with Crippen molar-refractivity contribution < 1.29 is 27.5 Å². The lowest BCUT2D eigenvalue weighted by molar-refractivity contribution is -0.141. The summed E-state index contributed by atoms with van der Waals surface area (Å²) in [5.74, 6) is -0.765. The van der Waals surface area contributed by atoms with Crippen LogP contribution in [0, 0.1) is 0 Å². The average molecular weight is 594 g/mol. The number of nitrogens with one attached hydrogen (secondary N) is 2. The Morgan fingerprint density at radius 2 is 1.60 bits per heavy atom.